The number of hydrogen-bond donors (Lipinski definition) is 1. The summed E-state index contributed by atoms with van der Waals surface area (Å²) in [6.45, 7) is 5.49. The predicted octanol–water partition coefficient (Wildman–Crippen LogP) is 3.44. The number of likely N-dealkylation sites (tertiary alicyclic amines) is 1. The Morgan fingerprint density at radius 3 is 2.86 bits per heavy atom. The standard InChI is InChI=1S/C18H23N3S/c1-13-2-4-14(5-3-13)18-20-17(12-22-18)11-21-9-8-15-6-7-16(10-21)19-15/h2-5,12,15-16,19H,6-11H2,1H3. The largest absolute Gasteiger partial charge is 0.310 e. The molecule has 2 saturated heterocycles. The van der Waals surface area contributed by atoms with E-state index in [1.165, 1.54) is 49.2 Å². The van der Waals surface area contributed by atoms with Crippen LogP contribution in [-0.4, -0.2) is 35.1 Å². The van der Waals surface area contributed by atoms with E-state index in [9.17, 15) is 0 Å². The van der Waals surface area contributed by atoms with Crippen molar-refractivity contribution >= 4 is 11.3 Å². The highest BCUT2D eigenvalue weighted by atomic mass is 32.1. The summed E-state index contributed by atoms with van der Waals surface area (Å²) in [5.74, 6) is 0. The number of thiazole rings is 1. The van der Waals surface area contributed by atoms with Gasteiger partial charge in [0.05, 0.1) is 5.69 Å². The van der Waals surface area contributed by atoms with Crippen molar-refractivity contribution in [3.8, 4) is 10.6 Å². The summed E-state index contributed by atoms with van der Waals surface area (Å²) >= 11 is 1.76. The molecule has 2 unspecified atom stereocenters. The van der Waals surface area contributed by atoms with Gasteiger partial charge < -0.3 is 5.32 Å². The number of aryl methyl sites for hydroxylation is 1. The first-order chi connectivity index (χ1) is 10.8. The van der Waals surface area contributed by atoms with Gasteiger partial charge in [-0.25, -0.2) is 4.98 Å². The van der Waals surface area contributed by atoms with Crippen molar-refractivity contribution in [3.63, 3.8) is 0 Å². The fraction of sp³-hybridized carbons (Fsp3) is 0.500. The molecular weight excluding hydrogens is 290 g/mol. The topological polar surface area (TPSA) is 28.2 Å². The number of rotatable bonds is 3. The van der Waals surface area contributed by atoms with Crippen LogP contribution in [0.4, 0.5) is 0 Å². The normalized spacial score (nSPS) is 25.3. The minimum absolute atomic E-state index is 0.697. The maximum atomic E-state index is 4.85. The maximum absolute atomic E-state index is 4.85. The van der Waals surface area contributed by atoms with E-state index in [1.807, 2.05) is 0 Å². The zero-order valence-electron chi connectivity index (χ0n) is 13.1. The van der Waals surface area contributed by atoms with E-state index in [0.717, 1.165) is 17.6 Å². The predicted molar refractivity (Wildman–Crippen MR) is 92.1 cm³/mol. The van der Waals surface area contributed by atoms with Crippen LogP contribution in [-0.2, 0) is 6.54 Å². The average molecular weight is 313 g/mol. The molecule has 1 aromatic carbocycles. The fourth-order valence-corrected chi connectivity index (χ4v) is 4.41. The van der Waals surface area contributed by atoms with Gasteiger partial charge in [0.15, 0.2) is 0 Å². The lowest BCUT2D eigenvalue weighted by Crippen LogP contribution is -2.35. The number of aromatic nitrogens is 1. The highest BCUT2D eigenvalue weighted by Crippen LogP contribution is 2.26. The number of hydrogen-bond acceptors (Lipinski definition) is 4. The molecule has 1 aromatic heterocycles. The first kappa shape index (κ1) is 14.4. The van der Waals surface area contributed by atoms with E-state index < -0.39 is 0 Å². The minimum Gasteiger partial charge on any atom is -0.310 e. The second-order valence-corrected chi connectivity index (χ2v) is 7.53. The summed E-state index contributed by atoms with van der Waals surface area (Å²) < 4.78 is 0. The smallest absolute Gasteiger partial charge is 0.123 e. The molecule has 2 atom stereocenters. The first-order valence-corrected chi connectivity index (χ1v) is 9.14. The zero-order chi connectivity index (χ0) is 14.9. The van der Waals surface area contributed by atoms with Crippen LogP contribution in [0.25, 0.3) is 10.6 Å². The van der Waals surface area contributed by atoms with Crippen molar-refractivity contribution in [1.29, 1.82) is 0 Å². The van der Waals surface area contributed by atoms with Crippen LogP contribution in [0.3, 0.4) is 0 Å². The Kier molecular flexibility index (Phi) is 3.99. The van der Waals surface area contributed by atoms with E-state index in [1.54, 1.807) is 11.3 Å². The molecular formula is C18H23N3S. The van der Waals surface area contributed by atoms with Crippen LogP contribution in [0.2, 0.25) is 0 Å². The van der Waals surface area contributed by atoms with Gasteiger partial charge in [-0.1, -0.05) is 29.8 Å². The van der Waals surface area contributed by atoms with E-state index in [0.29, 0.717) is 6.04 Å². The molecule has 2 fully saturated rings. The Hall–Kier alpha value is -1.23. The number of benzene rings is 1. The molecule has 2 aliphatic heterocycles. The van der Waals surface area contributed by atoms with Crippen LogP contribution in [0, 0.1) is 6.92 Å². The van der Waals surface area contributed by atoms with Gasteiger partial charge in [-0.2, -0.15) is 0 Å². The molecule has 0 aliphatic carbocycles. The van der Waals surface area contributed by atoms with Crippen LogP contribution < -0.4 is 5.32 Å². The average Bonchev–Trinajstić information content (AvgIpc) is 3.09. The first-order valence-electron chi connectivity index (χ1n) is 8.26. The Morgan fingerprint density at radius 2 is 2.00 bits per heavy atom. The third-order valence-corrected chi connectivity index (χ3v) is 5.78. The highest BCUT2D eigenvalue weighted by molar-refractivity contribution is 7.13. The van der Waals surface area contributed by atoms with Gasteiger partial charge in [-0.3, -0.25) is 4.90 Å². The quantitative estimate of drug-likeness (QED) is 0.941. The lowest BCUT2D eigenvalue weighted by molar-refractivity contribution is 0.248. The van der Waals surface area contributed by atoms with E-state index in [2.05, 4.69) is 46.8 Å². The summed E-state index contributed by atoms with van der Waals surface area (Å²) in [5.41, 5.74) is 3.75. The van der Waals surface area contributed by atoms with E-state index in [-0.39, 0.29) is 0 Å². The van der Waals surface area contributed by atoms with Crippen LogP contribution >= 0.6 is 11.3 Å². The maximum Gasteiger partial charge on any atom is 0.123 e. The molecule has 116 valence electrons. The molecule has 1 N–H and O–H groups in total. The Balaban J connectivity index is 1.44. The summed E-state index contributed by atoms with van der Waals surface area (Å²) in [6.07, 6.45) is 3.99. The van der Waals surface area contributed by atoms with Crippen LogP contribution in [0.15, 0.2) is 29.6 Å². The molecule has 0 spiro atoms. The van der Waals surface area contributed by atoms with Gasteiger partial charge in [0.25, 0.3) is 0 Å². The Bertz CT molecular complexity index is 634. The Morgan fingerprint density at radius 1 is 1.18 bits per heavy atom. The van der Waals surface area contributed by atoms with Crippen molar-refractivity contribution in [2.24, 2.45) is 0 Å². The van der Waals surface area contributed by atoms with Gasteiger partial charge in [-0.15, -0.1) is 11.3 Å². The molecule has 0 radical (unpaired) electrons. The third kappa shape index (κ3) is 3.09. The van der Waals surface area contributed by atoms with E-state index >= 15 is 0 Å². The molecule has 3 nitrogen and oxygen atoms in total. The molecule has 2 aliphatic rings. The van der Waals surface area contributed by atoms with Crippen molar-refractivity contribution in [3.05, 3.63) is 40.9 Å². The lowest BCUT2D eigenvalue weighted by atomic mass is 10.1. The molecule has 2 aromatic rings. The summed E-state index contributed by atoms with van der Waals surface area (Å²) in [6, 6.07) is 10.1. The van der Waals surface area contributed by atoms with Crippen molar-refractivity contribution in [2.45, 2.75) is 44.8 Å². The van der Waals surface area contributed by atoms with Gasteiger partial charge in [0.2, 0.25) is 0 Å². The van der Waals surface area contributed by atoms with Crippen molar-refractivity contribution in [1.82, 2.24) is 15.2 Å². The second kappa shape index (κ2) is 6.11. The molecule has 0 saturated carbocycles. The van der Waals surface area contributed by atoms with Crippen molar-refractivity contribution < 1.29 is 0 Å². The van der Waals surface area contributed by atoms with Gasteiger partial charge in [0.1, 0.15) is 5.01 Å². The zero-order valence-corrected chi connectivity index (χ0v) is 13.9. The van der Waals surface area contributed by atoms with E-state index in [4.69, 9.17) is 4.98 Å². The third-order valence-electron chi connectivity index (χ3n) is 4.84. The Labute approximate surface area is 136 Å². The summed E-state index contributed by atoms with van der Waals surface area (Å²) in [7, 11) is 0. The van der Waals surface area contributed by atoms with Crippen LogP contribution in [0.1, 0.15) is 30.5 Å². The molecule has 22 heavy (non-hydrogen) atoms. The molecule has 4 heteroatoms. The number of nitrogens with zero attached hydrogens (tertiary/aromatic N) is 2. The fourth-order valence-electron chi connectivity index (χ4n) is 3.60. The summed E-state index contributed by atoms with van der Waals surface area (Å²) in [4.78, 5) is 7.43. The molecule has 0 amide bonds. The van der Waals surface area contributed by atoms with Gasteiger partial charge in [0, 0.05) is 42.7 Å². The summed E-state index contributed by atoms with van der Waals surface area (Å²) in [5, 5.41) is 7.12. The van der Waals surface area contributed by atoms with Gasteiger partial charge >= 0.3 is 0 Å². The SMILES string of the molecule is Cc1ccc(-c2nc(CN3CCC4CCC(C3)N4)cs2)cc1. The second-order valence-electron chi connectivity index (χ2n) is 6.67. The van der Waals surface area contributed by atoms with Crippen LogP contribution in [0.5, 0.6) is 0 Å². The van der Waals surface area contributed by atoms with Gasteiger partial charge in [-0.05, 0) is 26.2 Å². The van der Waals surface area contributed by atoms with Crippen molar-refractivity contribution in [2.75, 3.05) is 13.1 Å². The molecule has 4 rings (SSSR count). The molecule has 2 bridgehead atoms. The number of nitrogens with one attached hydrogen (secondary N) is 1. The monoisotopic (exact) mass is 313 g/mol. The molecule has 3 heterocycles. The number of fused-ring (bicyclic) bond motifs is 2. The minimum atomic E-state index is 0.697. The highest BCUT2D eigenvalue weighted by Gasteiger charge is 2.29. The lowest BCUT2D eigenvalue weighted by Gasteiger charge is -2.22.